The predicted molar refractivity (Wildman–Crippen MR) is 51.8 cm³/mol. The quantitative estimate of drug-likeness (QED) is 0.475. The highest BCUT2D eigenvalue weighted by Gasteiger charge is 1.93. The molecule has 0 bridgehead atoms. The Hall–Kier alpha value is -0.300. The summed E-state index contributed by atoms with van der Waals surface area (Å²) in [5, 5.41) is 3.13. The second-order valence-electron chi connectivity index (χ2n) is 3.54. The molecule has 1 N–H and O–H groups in total. The summed E-state index contributed by atoms with van der Waals surface area (Å²) in [5.74, 6) is 0.792. The van der Waals surface area contributed by atoms with E-state index in [0.29, 0.717) is 0 Å². The highest BCUT2D eigenvalue weighted by atomic mass is 14.8. The van der Waals surface area contributed by atoms with Crippen molar-refractivity contribution in [3.63, 3.8) is 0 Å². The van der Waals surface area contributed by atoms with Crippen molar-refractivity contribution >= 4 is 0 Å². The maximum absolute atomic E-state index is 3.13. The van der Waals surface area contributed by atoms with Crippen LogP contribution in [0.4, 0.5) is 0 Å². The van der Waals surface area contributed by atoms with Crippen LogP contribution >= 0.6 is 0 Å². The number of hydrogen-bond donors (Lipinski definition) is 1. The van der Waals surface area contributed by atoms with Gasteiger partial charge in [0.2, 0.25) is 0 Å². The minimum atomic E-state index is 0.792. The number of hydrogen-bond acceptors (Lipinski definition) is 1. The van der Waals surface area contributed by atoms with Gasteiger partial charge in [-0.25, -0.2) is 0 Å². The molecule has 0 saturated heterocycles. The van der Waals surface area contributed by atoms with Crippen LogP contribution in [0.5, 0.6) is 0 Å². The minimum Gasteiger partial charge on any atom is -0.319 e. The van der Waals surface area contributed by atoms with E-state index in [2.05, 4.69) is 32.2 Å². The average Bonchev–Trinajstić information content (AvgIpc) is 1.86. The molecule has 0 aromatic carbocycles. The third kappa shape index (κ3) is 7.60. The van der Waals surface area contributed by atoms with Crippen molar-refractivity contribution in [1.82, 2.24) is 5.32 Å². The normalized spacial score (nSPS) is 12.6. The fourth-order valence-electron chi connectivity index (χ4n) is 1.19. The molecule has 1 heteroatoms. The number of nitrogens with one attached hydrogen (secondary N) is 1. The van der Waals surface area contributed by atoms with Crippen LogP contribution in [0, 0.1) is 5.92 Å². The molecule has 0 spiro atoms. The topological polar surface area (TPSA) is 12.0 Å². The van der Waals surface area contributed by atoms with Gasteiger partial charge in [0.15, 0.2) is 0 Å². The molecule has 0 aromatic heterocycles. The van der Waals surface area contributed by atoms with Crippen molar-refractivity contribution in [1.29, 1.82) is 0 Å². The first-order valence-corrected chi connectivity index (χ1v) is 4.47. The Morgan fingerprint density at radius 3 is 2.55 bits per heavy atom. The molecule has 0 fully saturated rings. The summed E-state index contributed by atoms with van der Waals surface area (Å²) in [4.78, 5) is 0. The summed E-state index contributed by atoms with van der Waals surface area (Å²) in [6.45, 7) is 7.83. The SMILES string of the molecule is CNCCC=C(C)CC(C)C. The smallest absolute Gasteiger partial charge is 0.00172 e. The second kappa shape index (κ2) is 6.41. The summed E-state index contributed by atoms with van der Waals surface area (Å²) in [5.41, 5.74) is 1.52. The average molecular weight is 155 g/mol. The molecule has 0 saturated carbocycles. The molecular weight excluding hydrogens is 134 g/mol. The van der Waals surface area contributed by atoms with Crippen molar-refractivity contribution in [2.45, 2.75) is 33.6 Å². The standard InChI is InChI=1S/C10H21N/c1-9(2)8-10(3)6-5-7-11-4/h6,9,11H,5,7-8H2,1-4H3. The van der Waals surface area contributed by atoms with E-state index in [0.717, 1.165) is 18.9 Å². The second-order valence-corrected chi connectivity index (χ2v) is 3.54. The highest BCUT2D eigenvalue weighted by molar-refractivity contribution is 4.98. The molecule has 0 aromatic rings. The van der Waals surface area contributed by atoms with Crippen LogP contribution < -0.4 is 5.32 Å². The molecule has 11 heavy (non-hydrogen) atoms. The molecule has 0 unspecified atom stereocenters. The van der Waals surface area contributed by atoms with E-state index < -0.39 is 0 Å². The Kier molecular flexibility index (Phi) is 6.24. The third-order valence-electron chi connectivity index (χ3n) is 1.62. The molecule has 0 atom stereocenters. The summed E-state index contributed by atoms with van der Waals surface area (Å²) in [6, 6.07) is 0. The highest BCUT2D eigenvalue weighted by Crippen LogP contribution is 2.09. The van der Waals surface area contributed by atoms with Crippen molar-refractivity contribution in [3.05, 3.63) is 11.6 Å². The summed E-state index contributed by atoms with van der Waals surface area (Å²) >= 11 is 0. The molecule has 1 nitrogen and oxygen atoms in total. The number of allylic oxidation sites excluding steroid dienone is 1. The van der Waals surface area contributed by atoms with Crippen LogP contribution in [-0.2, 0) is 0 Å². The summed E-state index contributed by atoms with van der Waals surface area (Å²) in [6.07, 6.45) is 4.73. The van der Waals surface area contributed by atoms with Gasteiger partial charge in [0.1, 0.15) is 0 Å². The fraction of sp³-hybridized carbons (Fsp3) is 0.800. The van der Waals surface area contributed by atoms with Crippen molar-refractivity contribution in [3.8, 4) is 0 Å². The van der Waals surface area contributed by atoms with Crippen LogP contribution in [0.3, 0.4) is 0 Å². The molecule has 0 aliphatic heterocycles. The van der Waals surface area contributed by atoms with Crippen LogP contribution in [0.15, 0.2) is 11.6 Å². The van der Waals surface area contributed by atoms with Gasteiger partial charge in [-0.15, -0.1) is 0 Å². The predicted octanol–water partition coefficient (Wildman–Crippen LogP) is 2.59. The lowest BCUT2D eigenvalue weighted by molar-refractivity contribution is 0.639. The van der Waals surface area contributed by atoms with Gasteiger partial charge in [0.05, 0.1) is 0 Å². The largest absolute Gasteiger partial charge is 0.319 e. The van der Waals surface area contributed by atoms with Crippen LogP contribution in [0.1, 0.15) is 33.6 Å². The van der Waals surface area contributed by atoms with Gasteiger partial charge < -0.3 is 5.32 Å². The molecule has 0 rings (SSSR count). The molecule has 0 heterocycles. The Morgan fingerprint density at radius 2 is 2.09 bits per heavy atom. The molecular formula is C10H21N. The summed E-state index contributed by atoms with van der Waals surface area (Å²) < 4.78 is 0. The maximum atomic E-state index is 3.13. The Balaban J connectivity index is 3.46. The third-order valence-corrected chi connectivity index (χ3v) is 1.62. The van der Waals surface area contributed by atoms with E-state index >= 15 is 0 Å². The molecule has 0 aliphatic rings. The molecule has 0 aliphatic carbocycles. The Bertz CT molecular complexity index is 114. The van der Waals surface area contributed by atoms with E-state index in [4.69, 9.17) is 0 Å². The van der Waals surface area contributed by atoms with Gasteiger partial charge in [0.25, 0.3) is 0 Å². The van der Waals surface area contributed by atoms with Gasteiger partial charge in [-0.05, 0) is 39.3 Å². The van der Waals surface area contributed by atoms with Gasteiger partial charge in [0, 0.05) is 0 Å². The van der Waals surface area contributed by atoms with Crippen molar-refractivity contribution in [2.75, 3.05) is 13.6 Å². The van der Waals surface area contributed by atoms with E-state index in [1.54, 1.807) is 0 Å². The maximum Gasteiger partial charge on any atom is -0.00172 e. The van der Waals surface area contributed by atoms with E-state index in [-0.39, 0.29) is 0 Å². The van der Waals surface area contributed by atoms with E-state index in [1.807, 2.05) is 7.05 Å². The first kappa shape index (κ1) is 10.7. The van der Waals surface area contributed by atoms with Crippen molar-refractivity contribution < 1.29 is 0 Å². The van der Waals surface area contributed by atoms with Crippen LogP contribution in [-0.4, -0.2) is 13.6 Å². The lowest BCUT2D eigenvalue weighted by Crippen LogP contribution is -2.06. The first-order valence-electron chi connectivity index (χ1n) is 4.47. The zero-order chi connectivity index (χ0) is 8.69. The number of rotatable bonds is 5. The molecule has 0 radical (unpaired) electrons. The van der Waals surface area contributed by atoms with Crippen LogP contribution in [0.2, 0.25) is 0 Å². The zero-order valence-corrected chi connectivity index (χ0v) is 8.28. The van der Waals surface area contributed by atoms with E-state index in [1.165, 1.54) is 12.0 Å². The Morgan fingerprint density at radius 1 is 1.45 bits per heavy atom. The van der Waals surface area contributed by atoms with Crippen LogP contribution in [0.25, 0.3) is 0 Å². The van der Waals surface area contributed by atoms with Gasteiger partial charge >= 0.3 is 0 Å². The van der Waals surface area contributed by atoms with E-state index in [9.17, 15) is 0 Å². The molecule has 66 valence electrons. The Labute approximate surface area is 70.9 Å². The van der Waals surface area contributed by atoms with Gasteiger partial charge in [-0.1, -0.05) is 25.5 Å². The lowest BCUT2D eigenvalue weighted by atomic mass is 10.0. The lowest BCUT2D eigenvalue weighted by Gasteiger charge is -2.04. The summed E-state index contributed by atoms with van der Waals surface area (Å²) in [7, 11) is 1.99. The first-order chi connectivity index (χ1) is 5.16. The van der Waals surface area contributed by atoms with Crippen molar-refractivity contribution in [2.24, 2.45) is 5.92 Å². The molecule has 0 amide bonds. The van der Waals surface area contributed by atoms with Gasteiger partial charge in [-0.3, -0.25) is 0 Å². The zero-order valence-electron chi connectivity index (χ0n) is 8.28. The fourth-order valence-corrected chi connectivity index (χ4v) is 1.19. The minimum absolute atomic E-state index is 0.792. The van der Waals surface area contributed by atoms with Gasteiger partial charge in [-0.2, -0.15) is 0 Å². The monoisotopic (exact) mass is 155 g/mol.